The summed E-state index contributed by atoms with van der Waals surface area (Å²) in [6.45, 7) is 2.54. The molecule has 0 amide bonds. The van der Waals surface area contributed by atoms with Crippen molar-refractivity contribution in [3.05, 3.63) is 53.8 Å². The van der Waals surface area contributed by atoms with Crippen LogP contribution in [0.3, 0.4) is 0 Å². The molecule has 2 aromatic carbocycles. The summed E-state index contributed by atoms with van der Waals surface area (Å²) in [4.78, 5) is 0.600. The molecule has 0 saturated carbocycles. The van der Waals surface area contributed by atoms with Gasteiger partial charge in [-0.2, -0.15) is 0 Å². The van der Waals surface area contributed by atoms with E-state index in [1.54, 1.807) is 12.1 Å². The summed E-state index contributed by atoms with van der Waals surface area (Å²) in [5.41, 5.74) is 7.05. The summed E-state index contributed by atoms with van der Waals surface area (Å²) in [6, 6.07) is 12.6. The minimum Gasteiger partial charge on any atom is -0.492 e. The molecule has 0 aliphatic rings. The van der Waals surface area contributed by atoms with Gasteiger partial charge in [-0.1, -0.05) is 18.2 Å². The predicted molar refractivity (Wildman–Crippen MR) is 78.2 cm³/mol. The van der Waals surface area contributed by atoms with Gasteiger partial charge in [0.15, 0.2) is 0 Å². The van der Waals surface area contributed by atoms with Crippen LogP contribution in [0.25, 0.3) is 0 Å². The van der Waals surface area contributed by atoms with Crippen LogP contribution in [0, 0.1) is 12.7 Å². The van der Waals surface area contributed by atoms with E-state index in [-0.39, 0.29) is 5.82 Å². The van der Waals surface area contributed by atoms with E-state index in [9.17, 15) is 4.39 Å². The molecule has 2 N–H and O–H groups in total. The molecule has 0 aliphatic carbocycles. The Labute approximate surface area is 116 Å². The fourth-order valence-corrected chi connectivity index (χ4v) is 2.40. The number of nitrogen functional groups attached to an aromatic ring is 1. The highest BCUT2D eigenvalue weighted by atomic mass is 32.2. The smallest absolute Gasteiger partial charge is 0.138 e. The first kappa shape index (κ1) is 13.7. The third kappa shape index (κ3) is 3.89. The standard InChI is InChI=1S/C15H16FNOS/c1-11-4-2-3-5-14(11)18-8-9-19-15-7-6-12(17)10-13(15)16/h2-7,10H,8-9,17H2,1H3. The van der Waals surface area contributed by atoms with Gasteiger partial charge in [0.05, 0.1) is 6.61 Å². The Morgan fingerprint density at radius 3 is 2.74 bits per heavy atom. The number of halogens is 1. The molecule has 0 radical (unpaired) electrons. The fourth-order valence-electron chi connectivity index (χ4n) is 1.66. The molecule has 100 valence electrons. The number of nitrogens with two attached hydrogens (primary N) is 1. The van der Waals surface area contributed by atoms with Crippen LogP contribution in [0.1, 0.15) is 5.56 Å². The number of anilines is 1. The fraction of sp³-hybridized carbons (Fsp3) is 0.200. The summed E-state index contributed by atoms with van der Waals surface area (Å²) in [7, 11) is 0. The molecule has 4 heteroatoms. The number of benzene rings is 2. The van der Waals surface area contributed by atoms with Crippen LogP contribution >= 0.6 is 11.8 Å². The third-order valence-electron chi connectivity index (χ3n) is 2.65. The van der Waals surface area contributed by atoms with Gasteiger partial charge in [-0.15, -0.1) is 11.8 Å². The summed E-state index contributed by atoms with van der Waals surface area (Å²) < 4.78 is 19.2. The molecule has 2 nitrogen and oxygen atoms in total. The lowest BCUT2D eigenvalue weighted by Gasteiger charge is -2.09. The number of hydrogen-bond acceptors (Lipinski definition) is 3. The van der Waals surface area contributed by atoms with E-state index >= 15 is 0 Å². The quantitative estimate of drug-likeness (QED) is 0.511. The lowest BCUT2D eigenvalue weighted by Crippen LogP contribution is -2.01. The highest BCUT2D eigenvalue weighted by Crippen LogP contribution is 2.24. The van der Waals surface area contributed by atoms with E-state index in [0.717, 1.165) is 11.3 Å². The molecule has 0 unspecified atom stereocenters. The van der Waals surface area contributed by atoms with Crippen molar-refractivity contribution in [2.24, 2.45) is 0 Å². The zero-order valence-corrected chi connectivity index (χ0v) is 11.5. The summed E-state index contributed by atoms with van der Waals surface area (Å²) in [6.07, 6.45) is 0. The Morgan fingerprint density at radius 1 is 1.21 bits per heavy atom. The molecular weight excluding hydrogens is 261 g/mol. The predicted octanol–water partition coefficient (Wildman–Crippen LogP) is 3.89. The average Bonchev–Trinajstić information content (AvgIpc) is 2.38. The molecule has 0 fully saturated rings. The molecule has 0 aliphatic heterocycles. The van der Waals surface area contributed by atoms with Crippen molar-refractivity contribution in [2.75, 3.05) is 18.1 Å². The minimum atomic E-state index is -0.277. The SMILES string of the molecule is Cc1ccccc1OCCSc1ccc(N)cc1F. The lowest BCUT2D eigenvalue weighted by atomic mass is 10.2. The maximum atomic E-state index is 13.5. The van der Waals surface area contributed by atoms with Crippen molar-refractivity contribution in [1.29, 1.82) is 0 Å². The molecule has 0 atom stereocenters. The Morgan fingerprint density at radius 2 is 2.00 bits per heavy atom. The van der Waals surface area contributed by atoms with Crippen LogP contribution in [0.15, 0.2) is 47.4 Å². The second-order valence-corrected chi connectivity index (χ2v) is 5.29. The molecule has 19 heavy (non-hydrogen) atoms. The maximum Gasteiger partial charge on any atom is 0.138 e. The zero-order chi connectivity index (χ0) is 13.7. The van der Waals surface area contributed by atoms with Gasteiger partial charge in [0, 0.05) is 16.3 Å². The van der Waals surface area contributed by atoms with Crippen molar-refractivity contribution in [1.82, 2.24) is 0 Å². The minimum absolute atomic E-state index is 0.277. The number of aryl methyl sites for hydroxylation is 1. The van der Waals surface area contributed by atoms with Gasteiger partial charge in [-0.3, -0.25) is 0 Å². The highest BCUT2D eigenvalue weighted by molar-refractivity contribution is 7.99. The first-order valence-corrected chi connectivity index (χ1v) is 7.01. The number of hydrogen-bond donors (Lipinski definition) is 1. The zero-order valence-electron chi connectivity index (χ0n) is 10.7. The van der Waals surface area contributed by atoms with Gasteiger partial charge >= 0.3 is 0 Å². The molecule has 2 aromatic rings. The van der Waals surface area contributed by atoms with E-state index < -0.39 is 0 Å². The van der Waals surface area contributed by atoms with Crippen molar-refractivity contribution < 1.29 is 9.13 Å². The van der Waals surface area contributed by atoms with E-state index in [1.807, 2.05) is 31.2 Å². The first-order valence-electron chi connectivity index (χ1n) is 6.03. The largest absolute Gasteiger partial charge is 0.492 e. The summed E-state index contributed by atoms with van der Waals surface area (Å²) in [5.74, 6) is 1.29. The Bertz CT molecular complexity index is 560. The van der Waals surface area contributed by atoms with Crippen LogP contribution in [0.2, 0.25) is 0 Å². The molecule has 2 rings (SSSR count). The molecule has 0 aromatic heterocycles. The third-order valence-corrected chi connectivity index (χ3v) is 3.66. The number of para-hydroxylation sites is 1. The number of ether oxygens (including phenoxy) is 1. The van der Waals surface area contributed by atoms with Crippen molar-refractivity contribution in [3.8, 4) is 5.75 Å². The van der Waals surface area contributed by atoms with Gasteiger partial charge in [-0.05, 0) is 36.8 Å². The van der Waals surface area contributed by atoms with E-state index in [2.05, 4.69) is 0 Å². The van der Waals surface area contributed by atoms with E-state index in [1.165, 1.54) is 17.8 Å². The van der Waals surface area contributed by atoms with Gasteiger partial charge in [0.25, 0.3) is 0 Å². The van der Waals surface area contributed by atoms with E-state index in [0.29, 0.717) is 22.9 Å². The summed E-state index contributed by atoms with van der Waals surface area (Å²) >= 11 is 1.43. The molecule has 0 heterocycles. The molecule has 0 saturated heterocycles. The summed E-state index contributed by atoms with van der Waals surface area (Å²) in [5, 5.41) is 0. The lowest BCUT2D eigenvalue weighted by molar-refractivity contribution is 0.341. The van der Waals surface area contributed by atoms with Crippen LogP contribution in [0.4, 0.5) is 10.1 Å². The van der Waals surface area contributed by atoms with Gasteiger partial charge in [0.2, 0.25) is 0 Å². The van der Waals surface area contributed by atoms with Gasteiger partial charge in [0.1, 0.15) is 11.6 Å². The second kappa shape index (κ2) is 6.48. The Balaban J connectivity index is 1.83. The molecule has 0 bridgehead atoms. The average molecular weight is 277 g/mol. The first-order chi connectivity index (χ1) is 9.16. The molecule has 0 spiro atoms. The number of rotatable bonds is 5. The van der Waals surface area contributed by atoms with Gasteiger partial charge in [-0.25, -0.2) is 4.39 Å². The maximum absolute atomic E-state index is 13.5. The van der Waals surface area contributed by atoms with Crippen molar-refractivity contribution in [3.63, 3.8) is 0 Å². The normalized spacial score (nSPS) is 10.4. The topological polar surface area (TPSA) is 35.2 Å². The van der Waals surface area contributed by atoms with Crippen LogP contribution in [-0.2, 0) is 0 Å². The van der Waals surface area contributed by atoms with Crippen LogP contribution < -0.4 is 10.5 Å². The second-order valence-electron chi connectivity index (χ2n) is 4.15. The van der Waals surface area contributed by atoms with Crippen molar-refractivity contribution in [2.45, 2.75) is 11.8 Å². The van der Waals surface area contributed by atoms with E-state index in [4.69, 9.17) is 10.5 Å². The van der Waals surface area contributed by atoms with Gasteiger partial charge < -0.3 is 10.5 Å². The van der Waals surface area contributed by atoms with Crippen molar-refractivity contribution >= 4 is 17.4 Å². The monoisotopic (exact) mass is 277 g/mol. The number of thioether (sulfide) groups is 1. The Kier molecular flexibility index (Phi) is 4.68. The van der Waals surface area contributed by atoms with Crippen LogP contribution in [0.5, 0.6) is 5.75 Å². The molecular formula is C15H16FNOS. The highest BCUT2D eigenvalue weighted by Gasteiger charge is 2.03. The van der Waals surface area contributed by atoms with Crippen LogP contribution in [-0.4, -0.2) is 12.4 Å². The Hall–Kier alpha value is -1.68.